The zero-order chi connectivity index (χ0) is 13.1. The van der Waals surface area contributed by atoms with Crippen molar-refractivity contribution in [2.24, 2.45) is 0 Å². The van der Waals surface area contributed by atoms with Crippen LogP contribution in [0.25, 0.3) is 11.6 Å². The molecule has 0 aliphatic heterocycles. The molecule has 2 rings (SSSR count). The highest BCUT2D eigenvalue weighted by atomic mass is 16.4. The van der Waals surface area contributed by atoms with Gasteiger partial charge in [-0.3, -0.25) is 9.59 Å². The van der Waals surface area contributed by atoms with Gasteiger partial charge in [0.2, 0.25) is 0 Å². The Labute approximate surface area is 101 Å². The first-order valence-electron chi connectivity index (χ1n) is 5.04. The Hall–Kier alpha value is -2.64. The Bertz CT molecular complexity index is 534. The third-order valence-corrected chi connectivity index (χ3v) is 2.24. The predicted octanol–water partition coefficient (Wildman–Crippen LogP) is -0.0842. The first kappa shape index (κ1) is 11.8. The van der Waals surface area contributed by atoms with Crippen molar-refractivity contribution >= 4 is 11.9 Å². The molecule has 0 radical (unpaired) electrons. The van der Waals surface area contributed by atoms with E-state index in [1.165, 1.54) is 33.9 Å². The number of imidazole rings is 2. The van der Waals surface area contributed by atoms with E-state index in [1.807, 2.05) is 0 Å². The second-order valence-electron chi connectivity index (χ2n) is 3.54. The number of rotatable bonds is 5. The summed E-state index contributed by atoms with van der Waals surface area (Å²) in [6.07, 6.45) is 5.89. The summed E-state index contributed by atoms with van der Waals surface area (Å²) in [5.41, 5.74) is 0. The molecule has 0 unspecified atom stereocenters. The second kappa shape index (κ2) is 4.70. The van der Waals surface area contributed by atoms with Gasteiger partial charge in [-0.2, -0.15) is 0 Å². The van der Waals surface area contributed by atoms with Crippen molar-refractivity contribution in [2.45, 2.75) is 13.1 Å². The van der Waals surface area contributed by atoms with Crippen molar-refractivity contribution in [3.8, 4) is 11.6 Å². The SMILES string of the molecule is O=C(O)Cn1ccnc1-c1nccn1CC(=O)O. The summed E-state index contributed by atoms with van der Waals surface area (Å²) in [5.74, 6) is -1.37. The Morgan fingerprint density at radius 3 is 1.67 bits per heavy atom. The number of carboxylic acids is 2. The lowest BCUT2D eigenvalue weighted by Gasteiger charge is -2.06. The minimum absolute atomic E-state index is 0.255. The van der Waals surface area contributed by atoms with Crippen molar-refractivity contribution in [1.82, 2.24) is 19.1 Å². The smallest absolute Gasteiger partial charge is 0.323 e. The van der Waals surface area contributed by atoms with Gasteiger partial charge in [0.25, 0.3) is 0 Å². The van der Waals surface area contributed by atoms with Gasteiger partial charge in [-0.25, -0.2) is 9.97 Å². The number of hydrogen-bond acceptors (Lipinski definition) is 4. The first-order chi connectivity index (χ1) is 8.58. The average Bonchev–Trinajstić information content (AvgIpc) is 2.85. The van der Waals surface area contributed by atoms with Gasteiger partial charge in [0, 0.05) is 24.8 Å². The highest BCUT2D eigenvalue weighted by Gasteiger charge is 2.15. The van der Waals surface area contributed by atoms with Gasteiger partial charge in [-0.05, 0) is 0 Å². The summed E-state index contributed by atoms with van der Waals surface area (Å²) in [5, 5.41) is 17.5. The average molecular weight is 250 g/mol. The highest BCUT2D eigenvalue weighted by molar-refractivity contribution is 5.68. The molecule has 0 fully saturated rings. The van der Waals surface area contributed by atoms with Crippen LogP contribution in [0.15, 0.2) is 24.8 Å². The number of carbonyl (C=O) groups is 2. The number of nitrogens with zero attached hydrogens (tertiary/aromatic N) is 4. The summed E-state index contributed by atoms with van der Waals surface area (Å²) in [6.45, 7) is -0.509. The molecular weight excluding hydrogens is 240 g/mol. The standard InChI is InChI=1S/C10H10N4O4/c15-7(16)5-13-3-1-11-9(13)10-12-2-4-14(10)6-8(17)18/h1-4H,5-6H2,(H,15,16)(H,17,18). The van der Waals surface area contributed by atoms with Crippen molar-refractivity contribution in [3.63, 3.8) is 0 Å². The fourth-order valence-electron chi connectivity index (χ4n) is 1.58. The molecule has 0 amide bonds. The molecule has 0 saturated heterocycles. The Morgan fingerprint density at radius 2 is 1.33 bits per heavy atom. The predicted molar refractivity (Wildman–Crippen MR) is 58.7 cm³/mol. The molecule has 0 aromatic carbocycles. The number of carboxylic acid groups (broad SMARTS) is 2. The first-order valence-corrected chi connectivity index (χ1v) is 5.04. The van der Waals surface area contributed by atoms with Crippen molar-refractivity contribution in [2.75, 3.05) is 0 Å². The van der Waals surface area contributed by atoms with Gasteiger partial charge >= 0.3 is 11.9 Å². The van der Waals surface area contributed by atoms with Crippen LogP contribution >= 0.6 is 0 Å². The van der Waals surface area contributed by atoms with E-state index in [4.69, 9.17) is 10.2 Å². The minimum Gasteiger partial charge on any atom is -0.480 e. The van der Waals surface area contributed by atoms with Crippen LogP contribution in [0.5, 0.6) is 0 Å². The quantitative estimate of drug-likeness (QED) is 0.767. The van der Waals surface area contributed by atoms with E-state index < -0.39 is 11.9 Å². The highest BCUT2D eigenvalue weighted by Crippen LogP contribution is 2.15. The molecule has 2 aromatic heterocycles. The Morgan fingerprint density at radius 1 is 0.944 bits per heavy atom. The van der Waals surface area contributed by atoms with E-state index in [-0.39, 0.29) is 13.1 Å². The molecule has 94 valence electrons. The van der Waals surface area contributed by atoms with Gasteiger partial charge in [-0.15, -0.1) is 0 Å². The molecule has 2 heterocycles. The third-order valence-electron chi connectivity index (χ3n) is 2.24. The van der Waals surface area contributed by atoms with Gasteiger partial charge in [-0.1, -0.05) is 0 Å². The summed E-state index contributed by atoms with van der Waals surface area (Å²) in [4.78, 5) is 29.4. The van der Waals surface area contributed by atoms with Crippen LogP contribution in [0.1, 0.15) is 0 Å². The number of hydrogen-bond donors (Lipinski definition) is 2. The van der Waals surface area contributed by atoms with Gasteiger partial charge in [0.1, 0.15) is 13.1 Å². The normalized spacial score (nSPS) is 10.4. The van der Waals surface area contributed by atoms with Crippen LogP contribution in [-0.2, 0) is 22.7 Å². The van der Waals surface area contributed by atoms with Gasteiger partial charge in [0.05, 0.1) is 0 Å². The minimum atomic E-state index is -1.01. The van der Waals surface area contributed by atoms with Gasteiger partial charge in [0.15, 0.2) is 11.6 Å². The maximum absolute atomic E-state index is 10.7. The molecule has 0 atom stereocenters. The van der Waals surface area contributed by atoms with E-state index in [9.17, 15) is 9.59 Å². The van der Waals surface area contributed by atoms with E-state index in [0.29, 0.717) is 11.6 Å². The summed E-state index contributed by atoms with van der Waals surface area (Å²) in [7, 11) is 0. The fourth-order valence-corrected chi connectivity index (χ4v) is 1.58. The van der Waals surface area contributed by atoms with Crippen LogP contribution < -0.4 is 0 Å². The summed E-state index contributed by atoms with van der Waals surface area (Å²) >= 11 is 0. The van der Waals surface area contributed by atoms with Gasteiger partial charge < -0.3 is 19.3 Å². The largest absolute Gasteiger partial charge is 0.480 e. The topological polar surface area (TPSA) is 110 Å². The lowest BCUT2D eigenvalue weighted by atomic mass is 10.5. The molecule has 2 aromatic rings. The van der Waals surface area contributed by atoms with Crippen molar-refractivity contribution in [1.29, 1.82) is 0 Å². The number of aliphatic carboxylic acids is 2. The van der Waals surface area contributed by atoms with Crippen LogP contribution in [-0.4, -0.2) is 41.3 Å². The van der Waals surface area contributed by atoms with E-state index in [0.717, 1.165) is 0 Å². The molecule has 18 heavy (non-hydrogen) atoms. The van der Waals surface area contributed by atoms with Crippen LogP contribution in [0.2, 0.25) is 0 Å². The molecular formula is C10H10N4O4. The van der Waals surface area contributed by atoms with Crippen LogP contribution in [0.4, 0.5) is 0 Å². The van der Waals surface area contributed by atoms with Crippen LogP contribution in [0, 0.1) is 0 Å². The summed E-state index contributed by atoms with van der Waals surface area (Å²) in [6, 6.07) is 0. The zero-order valence-electron chi connectivity index (χ0n) is 9.22. The van der Waals surface area contributed by atoms with E-state index >= 15 is 0 Å². The molecule has 2 N–H and O–H groups in total. The molecule has 8 heteroatoms. The zero-order valence-corrected chi connectivity index (χ0v) is 9.22. The molecule has 8 nitrogen and oxygen atoms in total. The van der Waals surface area contributed by atoms with Crippen molar-refractivity contribution < 1.29 is 19.8 Å². The van der Waals surface area contributed by atoms with E-state index in [1.54, 1.807) is 0 Å². The number of aromatic nitrogens is 4. The maximum Gasteiger partial charge on any atom is 0.323 e. The Balaban J connectivity index is 2.37. The lowest BCUT2D eigenvalue weighted by Crippen LogP contribution is -2.13. The van der Waals surface area contributed by atoms with E-state index in [2.05, 4.69) is 9.97 Å². The van der Waals surface area contributed by atoms with Crippen LogP contribution in [0.3, 0.4) is 0 Å². The molecule has 0 saturated carbocycles. The fraction of sp³-hybridized carbons (Fsp3) is 0.200. The monoisotopic (exact) mass is 250 g/mol. The summed E-state index contributed by atoms with van der Waals surface area (Å²) < 4.78 is 2.78. The molecule has 0 aliphatic carbocycles. The molecule has 0 spiro atoms. The van der Waals surface area contributed by atoms with Crippen molar-refractivity contribution in [3.05, 3.63) is 24.8 Å². The second-order valence-corrected chi connectivity index (χ2v) is 3.54. The lowest BCUT2D eigenvalue weighted by molar-refractivity contribution is -0.138. The molecule has 0 bridgehead atoms. The maximum atomic E-state index is 10.7. The Kier molecular flexibility index (Phi) is 3.09. The third kappa shape index (κ3) is 2.37. The molecule has 0 aliphatic rings.